The number of carbonyl (C=O) groups excluding carboxylic acids is 3. The van der Waals surface area contributed by atoms with E-state index in [2.05, 4.69) is 15.9 Å². The number of amides is 3. The number of hydrogen-bond acceptors (Lipinski definition) is 4. The summed E-state index contributed by atoms with van der Waals surface area (Å²) in [5.41, 5.74) is 0.610. The van der Waals surface area contributed by atoms with E-state index in [1.54, 1.807) is 17.0 Å². The van der Waals surface area contributed by atoms with Crippen LogP contribution in [-0.2, 0) is 4.79 Å². The largest absolute Gasteiger partial charge is 0.336 e. The van der Waals surface area contributed by atoms with Crippen LogP contribution in [0.15, 0.2) is 28.7 Å². The quantitative estimate of drug-likeness (QED) is 0.803. The van der Waals surface area contributed by atoms with Gasteiger partial charge in [-0.25, -0.2) is 0 Å². The molecule has 0 aromatic heterocycles. The van der Waals surface area contributed by atoms with E-state index in [-0.39, 0.29) is 28.8 Å². The molecule has 5 nitrogen and oxygen atoms in total. The van der Waals surface area contributed by atoms with E-state index >= 15 is 0 Å². The van der Waals surface area contributed by atoms with Gasteiger partial charge in [0.2, 0.25) is 5.91 Å². The van der Waals surface area contributed by atoms with Gasteiger partial charge in [-0.3, -0.25) is 19.3 Å². The standard InChI is InChI=1S/C14H13BrN2O3S/c15-10-3-1-2-9(6-10)13(19)16-5-4-11(7-16)17-12(18)8-21-14(17)20/h1-3,6,11H,4-5,7-8H2/t11-/m1/s1. The zero-order chi connectivity index (χ0) is 15.0. The summed E-state index contributed by atoms with van der Waals surface area (Å²) in [7, 11) is 0. The van der Waals surface area contributed by atoms with E-state index in [9.17, 15) is 14.4 Å². The fourth-order valence-corrected chi connectivity index (χ4v) is 3.83. The second-order valence-corrected chi connectivity index (χ2v) is 6.86. The zero-order valence-corrected chi connectivity index (χ0v) is 13.5. The van der Waals surface area contributed by atoms with Crippen molar-refractivity contribution >= 4 is 44.7 Å². The Hall–Kier alpha value is -1.34. The number of halogens is 1. The Kier molecular flexibility index (Phi) is 4.03. The first-order chi connectivity index (χ1) is 10.1. The lowest BCUT2D eigenvalue weighted by atomic mass is 10.2. The van der Waals surface area contributed by atoms with Crippen LogP contribution in [-0.4, -0.2) is 51.7 Å². The van der Waals surface area contributed by atoms with Crippen molar-refractivity contribution in [3.63, 3.8) is 0 Å². The topological polar surface area (TPSA) is 57.7 Å². The van der Waals surface area contributed by atoms with Gasteiger partial charge in [-0.05, 0) is 24.6 Å². The molecule has 3 amide bonds. The predicted molar refractivity (Wildman–Crippen MR) is 83.2 cm³/mol. The highest BCUT2D eigenvalue weighted by molar-refractivity contribution is 9.10. The summed E-state index contributed by atoms with van der Waals surface area (Å²) < 4.78 is 0.852. The van der Waals surface area contributed by atoms with Crippen LogP contribution in [0, 0.1) is 0 Å². The third-order valence-corrected chi connectivity index (χ3v) is 5.00. The Bertz CT molecular complexity index is 606. The molecule has 0 unspecified atom stereocenters. The van der Waals surface area contributed by atoms with E-state index < -0.39 is 0 Å². The van der Waals surface area contributed by atoms with E-state index in [1.807, 2.05) is 12.1 Å². The molecule has 7 heteroatoms. The fourth-order valence-electron chi connectivity index (χ4n) is 2.66. The summed E-state index contributed by atoms with van der Waals surface area (Å²) in [6.07, 6.45) is 0.651. The van der Waals surface area contributed by atoms with Crippen molar-refractivity contribution in [3.05, 3.63) is 34.3 Å². The maximum absolute atomic E-state index is 12.4. The monoisotopic (exact) mass is 368 g/mol. The summed E-state index contributed by atoms with van der Waals surface area (Å²) in [5, 5.41) is -0.193. The van der Waals surface area contributed by atoms with Gasteiger partial charge in [-0.15, -0.1) is 0 Å². The average Bonchev–Trinajstić information content (AvgIpc) is 3.05. The first-order valence-corrected chi connectivity index (χ1v) is 8.38. The molecule has 2 saturated heterocycles. The Morgan fingerprint density at radius 1 is 1.33 bits per heavy atom. The van der Waals surface area contributed by atoms with E-state index in [4.69, 9.17) is 0 Å². The molecule has 0 saturated carbocycles. The summed E-state index contributed by atoms with van der Waals surface area (Å²) in [4.78, 5) is 38.9. The van der Waals surface area contributed by atoms with Gasteiger partial charge in [0.25, 0.3) is 11.1 Å². The van der Waals surface area contributed by atoms with Crippen LogP contribution in [0.3, 0.4) is 0 Å². The normalized spacial score (nSPS) is 22.2. The molecule has 0 spiro atoms. The first kappa shape index (κ1) is 14.6. The Morgan fingerprint density at radius 3 is 2.81 bits per heavy atom. The lowest BCUT2D eigenvalue weighted by Crippen LogP contribution is -2.41. The second-order valence-electron chi connectivity index (χ2n) is 5.02. The van der Waals surface area contributed by atoms with E-state index in [1.165, 1.54) is 4.90 Å². The first-order valence-electron chi connectivity index (χ1n) is 6.60. The summed E-state index contributed by atoms with van der Waals surface area (Å²) >= 11 is 4.39. The maximum atomic E-state index is 12.4. The molecular formula is C14H13BrN2O3S. The van der Waals surface area contributed by atoms with Gasteiger partial charge in [-0.2, -0.15) is 0 Å². The number of thioether (sulfide) groups is 1. The molecule has 3 rings (SSSR count). The van der Waals surface area contributed by atoms with Gasteiger partial charge >= 0.3 is 0 Å². The van der Waals surface area contributed by atoms with Gasteiger partial charge in [0.1, 0.15) is 0 Å². The zero-order valence-electron chi connectivity index (χ0n) is 11.1. The van der Waals surface area contributed by atoms with Crippen LogP contribution < -0.4 is 0 Å². The molecule has 0 N–H and O–H groups in total. The minimum Gasteiger partial charge on any atom is -0.336 e. The molecule has 1 aromatic carbocycles. The van der Waals surface area contributed by atoms with Crippen LogP contribution in [0.25, 0.3) is 0 Å². The van der Waals surface area contributed by atoms with Crippen molar-refractivity contribution in [2.45, 2.75) is 12.5 Å². The minimum atomic E-state index is -0.193. The van der Waals surface area contributed by atoms with Crippen molar-refractivity contribution in [1.29, 1.82) is 0 Å². The number of hydrogen-bond donors (Lipinski definition) is 0. The molecular weight excluding hydrogens is 356 g/mol. The molecule has 0 bridgehead atoms. The van der Waals surface area contributed by atoms with Crippen LogP contribution in [0.1, 0.15) is 16.8 Å². The van der Waals surface area contributed by atoms with Gasteiger partial charge in [0.05, 0.1) is 11.8 Å². The van der Waals surface area contributed by atoms with Crippen molar-refractivity contribution in [2.24, 2.45) is 0 Å². The summed E-state index contributed by atoms with van der Waals surface area (Å²) in [6, 6.07) is 7.04. The van der Waals surface area contributed by atoms with Crippen molar-refractivity contribution < 1.29 is 14.4 Å². The molecule has 2 aliphatic heterocycles. The van der Waals surface area contributed by atoms with Crippen LogP contribution in [0.4, 0.5) is 4.79 Å². The molecule has 2 aliphatic rings. The SMILES string of the molecule is O=C(c1cccc(Br)c1)N1CC[C@@H](N2C(=O)CSC2=O)C1. The number of likely N-dealkylation sites (tertiary alicyclic amines) is 1. The third kappa shape index (κ3) is 2.85. The molecule has 21 heavy (non-hydrogen) atoms. The molecule has 0 radical (unpaired) electrons. The molecule has 110 valence electrons. The Morgan fingerprint density at radius 2 is 2.14 bits per heavy atom. The maximum Gasteiger partial charge on any atom is 0.289 e. The smallest absolute Gasteiger partial charge is 0.289 e. The summed E-state index contributed by atoms with van der Waals surface area (Å²) in [6.45, 7) is 0.987. The number of carbonyl (C=O) groups is 3. The lowest BCUT2D eigenvalue weighted by Gasteiger charge is -2.22. The Labute approximate surface area is 134 Å². The predicted octanol–water partition coefficient (Wildman–Crippen LogP) is 2.36. The lowest BCUT2D eigenvalue weighted by molar-refractivity contribution is -0.126. The van der Waals surface area contributed by atoms with Crippen LogP contribution in [0.5, 0.6) is 0 Å². The highest BCUT2D eigenvalue weighted by atomic mass is 79.9. The number of nitrogens with zero attached hydrogens (tertiary/aromatic N) is 2. The molecule has 2 heterocycles. The summed E-state index contributed by atoms with van der Waals surface area (Å²) in [5.74, 6) is 0.00634. The van der Waals surface area contributed by atoms with Crippen molar-refractivity contribution in [1.82, 2.24) is 9.80 Å². The highest BCUT2D eigenvalue weighted by Crippen LogP contribution is 2.27. The van der Waals surface area contributed by atoms with Gasteiger partial charge in [-0.1, -0.05) is 33.8 Å². The number of benzene rings is 1. The van der Waals surface area contributed by atoms with Gasteiger partial charge in [0, 0.05) is 23.1 Å². The third-order valence-electron chi connectivity index (χ3n) is 3.67. The van der Waals surface area contributed by atoms with Crippen molar-refractivity contribution in [3.8, 4) is 0 Å². The second kappa shape index (κ2) is 5.81. The number of rotatable bonds is 2. The molecule has 0 aliphatic carbocycles. The minimum absolute atomic E-state index is 0.0643. The molecule has 2 fully saturated rings. The van der Waals surface area contributed by atoms with Gasteiger partial charge in [0.15, 0.2) is 0 Å². The van der Waals surface area contributed by atoms with Crippen LogP contribution in [0.2, 0.25) is 0 Å². The van der Waals surface area contributed by atoms with E-state index in [0.29, 0.717) is 25.1 Å². The van der Waals surface area contributed by atoms with Crippen LogP contribution >= 0.6 is 27.7 Å². The van der Waals surface area contributed by atoms with E-state index in [0.717, 1.165) is 16.2 Å². The average molecular weight is 369 g/mol. The Balaban J connectivity index is 1.71. The van der Waals surface area contributed by atoms with Gasteiger partial charge < -0.3 is 4.90 Å². The molecule has 1 aromatic rings. The number of imide groups is 1. The highest BCUT2D eigenvalue weighted by Gasteiger charge is 2.40. The fraction of sp³-hybridized carbons (Fsp3) is 0.357. The molecule has 1 atom stereocenters. The van der Waals surface area contributed by atoms with Crippen molar-refractivity contribution in [2.75, 3.05) is 18.8 Å².